The van der Waals surface area contributed by atoms with Crippen LogP contribution in [0.2, 0.25) is 0 Å². The van der Waals surface area contributed by atoms with Gasteiger partial charge in [-0.2, -0.15) is 0 Å². The zero-order valence-corrected chi connectivity index (χ0v) is 9.56. The van der Waals surface area contributed by atoms with E-state index in [4.69, 9.17) is 0 Å². The van der Waals surface area contributed by atoms with Crippen LogP contribution in [0, 0.1) is 17.5 Å². The molecule has 0 aromatic heterocycles. The van der Waals surface area contributed by atoms with Crippen molar-refractivity contribution in [3.63, 3.8) is 0 Å². The van der Waals surface area contributed by atoms with E-state index in [1.54, 1.807) is 0 Å². The number of rotatable bonds is 2. The van der Waals surface area contributed by atoms with Crippen molar-refractivity contribution in [3.8, 4) is 0 Å². The van der Waals surface area contributed by atoms with Crippen LogP contribution in [0.5, 0.6) is 0 Å². The van der Waals surface area contributed by atoms with Gasteiger partial charge in [0.2, 0.25) is 0 Å². The second-order valence-electron chi connectivity index (χ2n) is 4.12. The Morgan fingerprint density at radius 2 is 1.65 bits per heavy atom. The third-order valence-electron chi connectivity index (χ3n) is 3.04. The Morgan fingerprint density at radius 1 is 1.00 bits per heavy atom. The molecule has 0 aliphatic heterocycles. The van der Waals surface area contributed by atoms with Crippen molar-refractivity contribution in [3.05, 3.63) is 52.9 Å². The maximum atomic E-state index is 13.1. The molecule has 17 heavy (non-hydrogen) atoms. The van der Waals surface area contributed by atoms with E-state index in [0.717, 1.165) is 37.0 Å². The van der Waals surface area contributed by atoms with Crippen LogP contribution in [0.4, 0.5) is 13.2 Å². The lowest BCUT2D eigenvalue weighted by Gasteiger charge is -2.14. The van der Waals surface area contributed by atoms with Crippen molar-refractivity contribution >= 4 is 5.57 Å². The van der Waals surface area contributed by atoms with Crippen LogP contribution in [0.1, 0.15) is 31.7 Å². The molecule has 1 aromatic carbocycles. The van der Waals surface area contributed by atoms with Gasteiger partial charge in [0, 0.05) is 0 Å². The lowest BCUT2D eigenvalue weighted by Crippen LogP contribution is -1.97. The first-order chi connectivity index (χ1) is 8.11. The van der Waals surface area contributed by atoms with Crippen molar-refractivity contribution in [2.75, 3.05) is 0 Å². The molecule has 90 valence electrons. The van der Waals surface area contributed by atoms with E-state index < -0.39 is 17.5 Å². The van der Waals surface area contributed by atoms with Gasteiger partial charge in [0.15, 0.2) is 17.5 Å². The molecule has 3 heteroatoms. The van der Waals surface area contributed by atoms with Crippen LogP contribution in [0.15, 0.2) is 29.9 Å². The monoisotopic (exact) mass is 238 g/mol. The second kappa shape index (κ2) is 4.78. The molecule has 0 heterocycles. The normalized spacial score (nSPS) is 15.5. The summed E-state index contributed by atoms with van der Waals surface area (Å²) in [5, 5.41) is 0. The fraction of sp³-hybridized carbons (Fsp3) is 0.286. The molecule has 0 nitrogen and oxygen atoms in total. The van der Waals surface area contributed by atoms with Crippen molar-refractivity contribution in [2.24, 2.45) is 0 Å². The van der Waals surface area contributed by atoms with Crippen molar-refractivity contribution < 1.29 is 13.2 Å². The lowest BCUT2D eigenvalue weighted by molar-refractivity contribution is 0.446. The summed E-state index contributed by atoms with van der Waals surface area (Å²) in [6, 6.07) is 2.10. The molecule has 0 unspecified atom stereocenters. The molecule has 0 saturated carbocycles. The summed E-state index contributed by atoms with van der Waals surface area (Å²) in [5.41, 5.74) is 2.59. The molecule has 0 saturated heterocycles. The fourth-order valence-electron chi connectivity index (χ4n) is 1.96. The first-order valence-electron chi connectivity index (χ1n) is 5.65. The topological polar surface area (TPSA) is 0 Å². The minimum Gasteiger partial charge on any atom is -0.204 e. The third kappa shape index (κ3) is 2.43. The molecule has 1 aromatic rings. The predicted octanol–water partition coefficient (Wildman–Crippen LogP) is 4.62. The molecular weight excluding hydrogens is 225 g/mol. The van der Waals surface area contributed by atoms with E-state index in [9.17, 15) is 13.2 Å². The van der Waals surface area contributed by atoms with Gasteiger partial charge in [-0.3, -0.25) is 0 Å². The number of hydrogen-bond donors (Lipinski definition) is 0. The van der Waals surface area contributed by atoms with Crippen LogP contribution < -0.4 is 0 Å². The molecule has 2 rings (SSSR count). The molecule has 0 spiro atoms. The second-order valence-corrected chi connectivity index (χ2v) is 4.12. The van der Waals surface area contributed by atoms with Crippen molar-refractivity contribution in [2.45, 2.75) is 26.2 Å². The van der Waals surface area contributed by atoms with Gasteiger partial charge in [0.05, 0.1) is 0 Å². The highest BCUT2D eigenvalue weighted by Gasteiger charge is 2.14. The third-order valence-corrected chi connectivity index (χ3v) is 3.04. The van der Waals surface area contributed by atoms with Crippen LogP contribution >= 0.6 is 0 Å². The van der Waals surface area contributed by atoms with E-state index in [2.05, 4.69) is 6.92 Å². The Kier molecular flexibility index (Phi) is 3.36. The molecule has 1 aliphatic rings. The van der Waals surface area contributed by atoms with Crippen LogP contribution in [-0.2, 0) is 0 Å². The predicted molar refractivity (Wildman–Crippen MR) is 61.9 cm³/mol. The first-order valence-corrected chi connectivity index (χ1v) is 5.65. The smallest absolute Gasteiger partial charge is 0.194 e. The molecule has 0 atom stereocenters. The van der Waals surface area contributed by atoms with Gasteiger partial charge in [-0.05, 0) is 42.5 Å². The Labute approximate surface area is 98.5 Å². The summed E-state index contributed by atoms with van der Waals surface area (Å²) >= 11 is 0. The van der Waals surface area contributed by atoms with E-state index in [1.807, 2.05) is 12.2 Å². The molecule has 0 N–H and O–H groups in total. The van der Waals surface area contributed by atoms with E-state index in [1.165, 1.54) is 5.57 Å². The summed E-state index contributed by atoms with van der Waals surface area (Å²) in [7, 11) is 0. The lowest BCUT2D eigenvalue weighted by atomic mass is 9.92. The zero-order chi connectivity index (χ0) is 12.4. The quantitative estimate of drug-likeness (QED) is 0.659. The molecular formula is C14H13F3. The van der Waals surface area contributed by atoms with Crippen molar-refractivity contribution in [1.29, 1.82) is 0 Å². The Bertz CT molecular complexity index is 475. The molecule has 0 radical (unpaired) electrons. The van der Waals surface area contributed by atoms with Gasteiger partial charge in [-0.25, -0.2) is 13.2 Å². The highest BCUT2D eigenvalue weighted by Crippen LogP contribution is 2.29. The minimum atomic E-state index is -1.41. The van der Waals surface area contributed by atoms with Crippen LogP contribution in [-0.4, -0.2) is 0 Å². The molecule has 0 bridgehead atoms. The number of halogens is 3. The Morgan fingerprint density at radius 3 is 2.12 bits per heavy atom. The average molecular weight is 238 g/mol. The molecule has 1 aliphatic carbocycles. The largest absolute Gasteiger partial charge is 0.204 e. The fourth-order valence-corrected chi connectivity index (χ4v) is 1.96. The summed E-state index contributed by atoms with van der Waals surface area (Å²) in [5.74, 6) is -3.67. The SMILES string of the molecule is CCC1=CC=C(c2cc(F)c(F)c(F)c2)CC1. The molecule has 0 fully saturated rings. The summed E-state index contributed by atoms with van der Waals surface area (Å²) < 4.78 is 39.0. The van der Waals surface area contributed by atoms with Gasteiger partial charge in [0.25, 0.3) is 0 Å². The van der Waals surface area contributed by atoms with Crippen LogP contribution in [0.25, 0.3) is 5.57 Å². The van der Waals surface area contributed by atoms with Crippen LogP contribution in [0.3, 0.4) is 0 Å². The van der Waals surface area contributed by atoms with Gasteiger partial charge < -0.3 is 0 Å². The summed E-state index contributed by atoms with van der Waals surface area (Å²) in [6.07, 6.45) is 6.44. The summed E-state index contributed by atoms with van der Waals surface area (Å²) in [6.45, 7) is 2.07. The minimum absolute atomic E-state index is 0.424. The van der Waals surface area contributed by atoms with Gasteiger partial charge in [0.1, 0.15) is 0 Å². The van der Waals surface area contributed by atoms with E-state index in [-0.39, 0.29) is 0 Å². The van der Waals surface area contributed by atoms with Crippen molar-refractivity contribution in [1.82, 2.24) is 0 Å². The molecule has 0 amide bonds. The Balaban J connectivity index is 2.36. The highest BCUT2D eigenvalue weighted by molar-refractivity contribution is 5.68. The Hall–Kier alpha value is -1.51. The highest BCUT2D eigenvalue weighted by atomic mass is 19.2. The first kappa shape index (κ1) is 12.0. The zero-order valence-electron chi connectivity index (χ0n) is 9.56. The number of hydrogen-bond acceptors (Lipinski definition) is 0. The van der Waals surface area contributed by atoms with Gasteiger partial charge in [-0.15, -0.1) is 0 Å². The summed E-state index contributed by atoms with van der Waals surface area (Å²) in [4.78, 5) is 0. The van der Waals surface area contributed by atoms with Gasteiger partial charge in [-0.1, -0.05) is 24.6 Å². The number of benzene rings is 1. The number of allylic oxidation sites excluding steroid dienone is 4. The maximum absolute atomic E-state index is 13.1. The van der Waals surface area contributed by atoms with Gasteiger partial charge >= 0.3 is 0 Å². The van der Waals surface area contributed by atoms with E-state index >= 15 is 0 Å². The van der Waals surface area contributed by atoms with E-state index in [0.29, 0.717) is 5.56 Å². The average Bonchev–Trinajstić information content (AvgIpc) is 2.35. The maximum Gasteiger partial charge on any atom is 0.194 e. The standard InChI is InChI=1S/C14H13F3/c1-2-9-3-5-10(6-4-9)11-7-12(15)14(17)13(16)8-11/h3,5,7-8H,2,4,6H2,1H3.